The number of aromatic hydroxyl groups is 3. The van der Waals surface area contributed by atoms with E-state index in [9.17, 15) is 20.1 Å². The van der Waals surface area contributed by atoms with Gasteiger partial charge >= 0.3 is 5.97 Å². The molecular formula is C17H24O5. The Kier molecular flexibility index (Phi) is 7.89. The lowest BCUT2D eigenvalue weighted by atomic mass is 10.1. The third-order valence-electron chi connectivity index (χ3n) is 3.34. The highest BCUT2D eigenvalue weighted by molar-refractivity contribution is 5.91. The van der Waals surface area contributed by atoms with E-state index in [4.69, 9.17) is 4.74 Å². The number of phenols is 3. The zero-order valence-electron chi connectivity index (χ0n) is 12.8. The molecule has 0 unspecified atom stereocenters. The molecule has 0 aliphatic rings. The van der Waals surface area contributed by atoms with Gasteiger partial charge in [-0.1, -0.05) is 31.8 Å². The molecule has 22 heavy (non-hydrogen) atoms. The van der Waals surface area contributed by atoms with E-state index in [0.29, 0.717) is 6.61 Å². The number of hydrogen-bond donors (Lipinski definition) is 3. The molecule has 3 N–H and O–H groups in total. The van der Waals surface area contributed by atoms with Gasteiger partial charge in [0, 0.05) is 0 Å². The van der Waals surface area contributed by atoms with Crippen LogP contribution in [0.4, 0.5) is 0 Å². The Hall–Kier alpha value is -2.17. The molecule has 0 atom stereocenters. The van der Waals surface area contributed by atoms with Gasteiger partial charge in [0.15, 0.2) is 17.2 Å². The molecule has 0 radical (unpaired) electrons. The van der Waals surface area contributed by atoms with Crippen LogP contribution in [0, 0.1) is 0 Å². The minimum Gasteiger partial charge on any atom is -0.504 e. The van der Waals surface area contributed by atoms with E-state index in [1.54, 1.807) is 0 Å². The molecule has 0 bridgehead atoms. The lowest BCUT2D eigenvalue weighted by Gasteiger charge is -2.07. The van der Waals surface area contributed by atoms with Gasteiger partial charge in [0.05, 0.1) is 12.2 Å². The molecule has 122 valence electrons. The van der Waals surface area contributed by atoms with Crippen LogP contribution in [0.25, 0.3) is 0 Å². The Balaban J connectivity index is 2.20. The molecule has 0 heterocycles. The van der Waals surface area contributed by atoms with Gasteiger partial charge in [-0.05, 0) is 31.4 Å². The summed E-state index contributed by atoms with van der Waals surface area (Å²) in [6.45, 7) is 3.98. The molecule has 5 nitrogen and oxygen atoms in total. The van der Waals surface area contributed by atoms with Crippen LogP contribution in [-0.2, 0) is 4.74 Å². The van der Waals surface area contributed by atoms with Crippen molar-refractivity contribution in [2.24, 2.45) is 0 Å². The van der Waals surface area contributed by atoms with Gasteiger partial charge in [-0.3, -0.25) is 0 Å². The normalized spacial score (nSPS) is 10.4. The van der Waals surface area contributed by atoms with E-state index in [1.165, 1.54) is 19.3 Å². The number of unbranched alkanes of at least 4 members (excludes halogenated alkanes) is 6. The van der Waals surface area contributed by atoms with E-state index < -0.39 is 23.2 Å². The zero-order chi connectivity index (χ0) is 16.4. The molecule has 0 aliphatic carbocycles. The van der Waals surface area contributed by atoms with Gasteiger partial charge in [-0.2, -0.15) is 0 Å². The Morgan fingerprint density at radius 3 is 2.14 bits per heavy atom. The van der Waals surface area contributed by atoms with Crippen LogP contribution >= 0.6 is 0 Å². The smallest absolute Gasteiger partial charge is 0.338 e. The second-order valence-corrected chi connectivity index (χ2v) is 5.20. The number of phenolic OH excluding ortho intramolecular Hbond substituents is 3. The third-order valence-corrected chi connectivity index (χ3v) is 3.34. The number of esters is 1. The molecule has 1 aromatic rings. The first-order chi connectivity index (χ1) is 10.6. The SMILES string of the molecule is C=CCCCCCCCCOC(=O)c1cc(O)c(O)c(O)c1. The number of rotatable bonds is 10. The predicted molar refractivity (Wildman–Crippen MR) is 84.2 cm³/mol. The summed E-state index contributed by atoms with van der Waals surface area (Å²) in [4.78, 5) is 11.7. The van der Waals surface area contributed by atoms with Gasteiger partial charge < -0.3 is 20.1 Å². The van der Waals surface area contributed by atoms with Gasteiger partial charge in [0.25, 0.3) is 0 Å². The molecule has 0 amide bonds. The highest BCUT2D eigenvalue weighted by atomic mass is 16.5. The molecule has 0 aliphatic heterocycles. The number of carbonyl (C=O) groups is 1. The van der Waals surface area contributed by atoms with Crippen LogP contribution in [-0.4, -0.2) is 27.9 Å². The molecule has 0 saturated carbocycles. The summed E-state index contributed by atoms with van der Waals surface area (Å²) in [6, 6.07) is 2.13. The molecule has 0 spiro atoms. The van der Waals surface area contributed by atoms with Crippen LogP contribution in [0.1, 0.15) is 55.3 Å². The number of hydrogen-bond acceptors (Lipinski definition) is 5. The molecular weight excluding hydrogens is 284 g/mol. The van der Waals surface area contributed by atoms with Crippen LogP contribution < -0.4 is 0 Å². The Labute approximate surface area is 130 Å². The van der Waals surface area contributed by atoms with Crippen LogP contribution in [0.15, 0.2) is 24.8 Å². The molecule has 1 aromatic carbocycles. The monoisotopic (exact) mass is 308 g/mol. The van der Waals surface area contributed by atoms with Gasteiger partial charge in [0.1, 0.15) is 0 Å². The summed E-state index contributed by atoms with van der Waals surface area (Å²) in [5, 5.41) is 27.9. The first kappa shape index (κ1) is 17.9. The molecule has 0 fully saturated rings. The van der Waals surface area contributed by atoms with Gasteiger partial charge in [-0.15, -0.1) is 6.58 Å². The standard InChI is InChI=1S/C17H24O5/c1-2-3-4-5-6-7-8-9-10-22-17(21)13-11-14(18)16(20)15(19)12-13/h2,11-12,18-20H,1,3-10H2. The van der Waals surface area contributed by atoms with E-state index in [-0.39, 0.29) is 5.56 Å². The van der Waals surface area contributed by atoms with Crippen molar-refractivity contribution in [3.05, 3.63) is 30.4 Å². The van der Waals surface area contributed by atoms with Crippen molar-refractivity contribution in [2.75, 3.05) is 6.61 Å². The van der Waals surface area contributed by atoms with Gasteiger partial charge in [-0.25, -0.2) is 4.79 Å². The highest BCUT2D eigenvalue weighted by Crippen LogP contribution is 2.35. The third kappa shape index (κ3) is 6.08. The fourth-order valence-electron chi connectivity index (χ4n) is 2.07. The fraction of sp³-hybridized carbons (Fsp3) is 0.471. The van der Waals surface area contributed by atoms with Crippen LogP contribution in [0.5, 0.6) is 17.2 Å². The minimum atomic E-state index is -0.645. The van der Waals surface area contributed by atoms with Crippen LogP contribution in [0.2, 0.25) is 0 Å². The maximum atomic E-state index is 11.7. The second-order valence-electron chi connectivity index (χ2n) is 5.20. The van der Waals surface area contributed by atoms with Crippen molar-refractivity contribution >= 4 is 5.97 Å². The molecule has 0 aromatic heterocycles. The summed E-state index contributed by atoms with van der Waals surface area (Å²) in [7, 11) is 0. The quantitative estimate of drug-likeness (QED) is 0.264. The molecule has 5 heteroatoms. The first-order valence-corrected chi connectivity index (χ1v) is 7.59. The summed E-state index contributed by atoms with van der Waals surface area (Å²) >= 11 is 0. The molecule has 1 rings (SSSR count). The summed E-state index contributed by atoms with van der Waals surface area (Å²) in [5.74, 6) is -2.37. The Morgan fingerprint density at radius 1 is 1.00 bits per heavy atom. The summed E-state index contributed by atoms with van der Waals surface area (Å²) < 4.78 is 5.07. The number of ether oxygens (including phenoxy) is 1. The van der Waals surface area contributed by atoms with Crippen molar-refractivity contribution in [3.8, 4) is 17.2 Å². The average molecular weight is 308 g/mol. The van der Waals surface area contributed by atoms with Gasteiger partial charge in [0.2, 0.25) is 0 Å². The van der Waals surface area contributed by atoms with Crippen molar-refractivity contribution in [2.45, 2.75) is 44.9 Å². The molecule has 0 saturated heterocycles. The zero-order valence-corrected chi connectivity index (χ0v) is 12.8. The summed E-state index contributed by atoms with van der Waals surface area (Å²) in [5.41, 5.74) is 0.0113. The lowest BCUT2D eigenvalue weighted by Crippen LogP contribution is -2.06. The highest BCUT2D eigenvalue weighted by Gasteiger charge is 2.14. The Bertz CT molecular complexity index is 473. The average Bonchev–Trinajstić information content (AvgIpc) is 2.50. The van der Waals surface area contributed by atoms with Crippen molar-refractivity contribution in [1.82, 2.24) is 0 Å². The largest absolute Gasteiger partial charge is 0.504 e. The maximum Gasteiger partial charge on any atom is 0.338 e. The number of allylic oxidation sites excluding steroid dienone is 1. The summed E-state index contributed by atoms with van der Waals surface area (Å²) in [6.07, 6.45) is 9.40. The lowest BCUT2D eigenvalue weighted by molar-refractivity contribution is 0.0496. The van der Waals surface area contributed by atoms with E-state index >= 15 is 0 Å². The van der Waals surface area contributed by atoms with Crippen LogP contribution in [0.3, 0.4) is 0 Å². The fourth-order valence-corrected chi connectivity index (χ4v) is 2.07. The number of benzene rings is 1. The maximum absolute atomic E-state index is 11.7. The predicted octanol–water partition coefficient (Wildman–Crippen LogP) is 3.88. The van der Waals surface area contributed by atoms with E-state index in [2.05, 4.69) is 6.58 Å². The second kappa shape index (κ2) is 9.71. The Morgan fingerprint density at radius 2 is 1.55 bits per heavy atom. The minimum absolute atomic E-state index is 0.0113. The first-order valence-electron chi connectivity index (χ1n) is 7.59. The van der Waals surface area contributed by atoms with E-state index in [0.717, 1.165) is 37.8 Å². The topological polar surface area (TPSA) is 87.0 Å². The van der Waals surface area contributed by atoms with Crippen molar-refractivity contribution in [3.63, 3.8) is 0 Å². The number of carbonyl (C=O) groups excluding carboxylic acids is 1. The van der Waals surface area contributed by atoms with Crippen molar-refractivity contribution in [1.29, 1.82) is 0 Å². The van der Waals surface area contributed by atoms with E-state index in [1.807, 2.05) is 6.08 Å². The van der Waals surface area contributed by atoms with Crippen molar-refractivity contribution < 1.29 is 24.9 Å².